The van der Waals surface area contributed by atoms with Crippen LogP contribution in [0.15, 0.2) is 42.7 Å². The summed E-state index contributed by atoms with van der Waals surface area (Å²) in [6, 6.07) is 6.59. The Kier molecular flexibility index (Phi) is 8.51. The molecule has 2 aromatic heterocycles. The zero-order chi connectivity index (χ0) is 28.4. The molecule has 3 heterocycles. The van der Waals surface area contributed by atoms with Crippen LogP contribution in [-0.4, -0.2) is 35.1 Å². The third-order valence-electron chi connectivity index (χ3n) is 8.34. The van der Waals surface area contributed by atoms with E-state index < -0.39 is 34.6 Å². The van der Waals surface area contributed by atoms with Gasteiger partial charge < -0.3 is 15.8 Å². The molecule has 0 radical (unpaired) electrons. The van der Waals surface area contributed by atoms with E-state index in [1.54, 1.807) is 12.4 Å². The van der Waals surface area contributed by atoms with Gasteiger partial charge in [-0.15, -0.1) is 0 Å². The molecule has 1 aromatic carbocycles. The molecule has 9 heteroatoms. The number of nitrogens with one attached hydrogen (secondary N) is 1. The lowest BCUT2D eigenvalue weighted by Crippen LogP contribution is -2.34. The molecule has 1 saturated carbocycles. The number of ether oxygens (including phenoxy) is 1. The van der Waals surface area contributed by atoms with Crippen molar-refractivity contribution in [3.8, 4) is 11.3 Å². The number of hydrogen-bond donors (Lipinski definition) is 2. The van der Waals surface area contributed by atoms with Crippen molar-refractivity contribution in [2.75, 3.05) is 18.5 Å². The predicted octanol–water partition coefficient (Wildman–Crippen LogP) is 6.57. The number of amides is 1. The van der Waals surface area contributed by atoms with Crippen LogP contribution in [-0.2, 0) is 4.74 Å². The third-order valence-corrected chi connectivity index (χ3v) is 8.34. The summed E-state index contributed by atoms with van der Waals surface area (Å²) in [5, 5.41) is 2.84. The van der Waals surface area contributed by atoms with E-state index in [2.05, 4.69) is 29.1 Å². The summed E-state index contributed by atoms with van der Waals surface area (Å²) in [6.45, 7) is 5.43. The zero-order valence-corrected chi connectivity index (χ0v) is 22.8. The Labute approximate surface area is 232 Å². The highest BCUT2D eigenvalue weighted by Crippen LogP contribution is 2.41. The molecule has 6 nitrogen and oxygen atoms in total. The number of pyridine rings is 2. The Morgan fingerprint density at radius 2 is 1.73 bits per heavy atom. The number of nitrogens with zero attached hydrogens (tertiary/aromatic N) is 2. The van der Waals surface area contributed by atoms with Gasteiger partial charge in [0.25, 0.3) is 5.91 Å². The van der Waals surface area contributed by atoms with Crippen LogP contribution in [0.1, 0.15) is 79.4 Å². The van der Waals surface area contributed by atoms with Crippen LogP contribution in [0.4, 0.5) is 18.9 Å². The summed E-state index contributed by atoms with van der Waals surface area (Å²) >= 11 is 0. The number of benzene rings is 1. The van der Waals surface area contributed by atoms with Gasteiger partial charge >= 0.3 is 0 Å². The Hall–Kier alpha value is -3.30. The third kappa shape index (κ3) is 6.05. The van der Waals surface area contributed by atoms with Crippen LogP contribution >= 0.6 is 0 Å². The van der Waals surface area contributed by atoms with Crippen molar-refractivity contribution >= 4 is 11.6 Å². The topological polar surface area (TPSA) is 90.1 Å². The normalized spacial score (nSPS) is 21.9. The summed E-state index contributed by atoms with van der Waals surface area (Å²) in [7, 11) is 0. The van der Waals surface area contributed by atoms with E-state index in [4.69, 9.17) is 10.5 Å². The van der Waals surface area contributed by atoms with Crippen LogP contribution in [0.5, 0.6) is 0 Å². The highest BCUT2D eigenvalue weighted by atomic mass is 19.1. The second kappa shape index (κ2) is 12.1. The van der Waals surface area contributed by atoms with Crippen LogP contribution in [0.3, 0.4) is 0 Å². The molecule has 1 amide bonds. The number of anilines is 1. The molecule has 3 aromatic rings. The molecule has 1 aliphatic heterocycles. The van der Waals surface area contributed by atoms with Gasteiger partial charge in [0.2, 0.25) is 0 Å². The first-order valence-corrected chi connectivity index (χ1v) is 14.0. The summed E-state index contributed by atoms with van der Waals surface area (Å²) in [5.74, 6) is -2.34. The molecule has 0 unspecified atom stereocenters. The fourth-order valence-electron chi connectivity index (χ4n) is 6.09. The number of carbonyl (C=O) groups excluding carboxylic acids is 1. The Bertz CT molecular complexity index is 1350. The Morgan fingerprint density at radius 3 is 2.42 bits per heavy atom. The van der Waals surface area contributed by atoms with Crippen molar-refractivity contribution in [1.82, 2.24) is 9.97 Å². The maximum absolute atomic E-state index is 15.2. The maximum atomic E-state index is 15.2. The van der Waals surface area contributed by atoms with E-state index >= 15 is 8.78 Å². The maximum Gasteiger partial charge on any atom is 0.274 e. The quantitative estimate of drug-likeness (QED) is 0.361. The molecular weight excluding hydrogens is 517 g/mol. The molecule has 5 rings (SSSR count). The van der Waals surface area contributed by atoms with Crippen LogP contribution in [0.25, 0.3) is 11.3 Å². The Balaban J connectivity index is 1.41. The van der Waals surface area contributed by atoms with E-state index in [-0.39, 0.29) is 23.6 Å². The van der Waals surface area contributed by atoms with Crippen LogP contribution < -0.4 is 11.1 Å². The van der Waals surface area contributed by atoms with Gasteiger partial charge in [-0.2, -0.15) is 0 Å². The first-order valence-electron chi connectivity index (χ1n) is 14.0. The van der Waals surface area contributed by atoms with E-state index in [1.807, 2.05) is 6.07 Å². The van der Waals surface area contributed by atoms with Gasteiger partial charge in [0.05, 0.1) is 17.4 Å². The number of halogens is 3. The van der Waals surface area contributed by atoms with E-state index in [0.717, 1.165) is 30.9 Å². The fraction of sp³-hybridized carbons (Fsp3) is 0.452. The Morgan fingerprint density at radius 1 is 1.00 bits per heavy atom. The lowest BCUT2D eigenvalue weighted by molar-refractivity contribution is 0.0852. The minimum atomic E-state index is -0.925. The van der Waals surface area contributed by atoms with Gasteiger partial charge in [-0.1, -0.05) is 13.8 Å². The summed E-state index contributed by atoms with van der Waals surface area (Å²) in [5.41, 5.74) is 7.01. The van der Waals surface area contributed by atoms with Gasteiger partial charge in [-0.25, -0.2) is 18.2 Å². The van der Waals surface area contributed by atoms with Crippen molar-refractivity contribution in [2.24, 2.45) is 17.6 Å². The van der Waals surface area contributed by atoms with Crippen molar-refractivity contribution in [2.45, 2.75) is 63.8 Å². The molecule has 0 bridgehead atoms. The lowest BCUT2D eigenvalue weighted by Gasteiger charge is -2.36. The number of rotatable bonds is 6. The number of hydrogen-bond acceptors (Lipinski definition) is 5. The first-order chi connectivity index (χ1) is 19.2. The van der Waals surface area contributed by atoms with Gasteiger partial charge in [0.15, 0.2) is 0 Å². The molecule has 1 aliphatic carbocycles. The van der Waals surface area contributed by atoms with Crippen molar-refractivity contribution < 1.29 is 22.7 Å². The SMILES string of the molecule is CC(C)[C@@H]1C[C@H](N)C[C@@H](c2ccncc2NC(=O)c2ccc(F)c(-c3c(F)cc(C4CCOCC4)cc3F)n2)C1. The molecule has 1 saturated heterocycles. The molecule has 2 fully saturated rings. The van der Waals surface area contributed by atoms with Gasteiger partial charge in [0.1, 0.15) is 28.8 Å². The number of aromatic nitrogens is 2. The zero-order valence-electron chi connectivity index (χ0n) is 22.8. The highest BCUT2D eigenvalue weighted by molar-refractivity contribution is 6.03. The first kappa shape index (κ1) is 28.2. The summed E-state index contributed by atoms with van der Waals surface area (Å²) in [6.07, 6.45) is 7.25. The standard InChI is InChI=1S/C31H35F3N4O2/c1-17(2)19-11-21(13-22(35)12-19)23-5-8-36-16-28(23)38-31(39)27-4-3-24(32)30(37-27)29-25(33)14-20(15-26(29)34)18-6-9-40-10-7-18/h3-5,8,14-19,21-22H,6-7,9-13,35H2,1-2H3,(H,38,39)/t19-,21-,22-/m0/s1. The van der Waals surface area contributed by atoms with Crippen molar-refractivity contribution in [3.63, 3.8) is 0 Å². The average molecular weight is 553 g/mol. The minimum Gasteiger partial charge on any atom is -0.381 e. The lowest BCUT2D eigenvalue weighted by atomic mass is 9.72. The molecular formula is C31H35F3N4O2. The van der Waals surface area contributed by atoms with Gasteiger partial charge in [-0.3, -0.25) is 9.78 Å². The smallest absolute Gasteiger partial charge is 0.274 e. The molecule has 212 valence electrons. The summed E-state index contributed by atoms with van der Waals surface area (Å²) in [4.78, 5) is 21.5. The monoisotopic (exact) mass is 552 g/mol. The molecule has 3 N–H and O–H groups in total. The molecule has 2 aliphatic rings. The van der Waals surface area contributed by atoms with E-state index in [9.17, 15) is 9.18 Å². The second-order valence-corrected chi connectivity index (χ2v) is 11.4. The van der Waals surface area contributed by atoms with Crippen molar-refractivity contribution in [1.29, 1.82) is 0 Å². The minimum absolute atomic E-state index is 0.0371. The second-order valence-electron chi connectivity index (χ2n) is 11.4. The van der Waals surface area contributed by atoms with Crippen LogP contribution in [0.2, 0.25) is 0 Å². The predicted molar refractivity (Wildman–Crippen MR) is 147 cm³/mol. The van der Waals surface area contributed by atoms with E-state index in [0.29, 0.717) is 49.1 Å². The molecule has 40 heavy (non-hydrogen) atoms. The number of nitrogens with two attached hydrogens (primary N) is 1. The largest absolute Gasteiger partial charge is 0.381 e. The fourth-order valence-corrected chi connectivity index (χ4v) is 6.09. The molecule has 3 atom stereocenters. The average Bonchev–Trinajstić information content (AvgIpc) is 2.94. The highest BCUT2D eigenvalue weighted by Gasteiger charge is 2.31. The van der Waals surface area contributed by atoms with Gasteiger partial charge in [-0.05, 0) is 97.2 Å². The molecule has 0 spiro atoms. The van der Waals surface area contributed by atoms with E-state index in [1.165, 1.54) is 18.2 Å². The van der Waals surface area contributed by atoms with Gasteiger partial charge in [0, 0.05) is 25.5 Å². The number of carbonyl (C=O) groups is 1. The summed E-state index contributed by atoms with van der Waals surface area (Å²) < 4.78 is 50.6. The van der Waals surface area contributed by atoms with Crippen molar-refractivity contribution in [3.05, 3.63) is 77.0 Å². The van der Waals surface area contributed by atoms with Crippen LogP contribution in [0, 0.1) is 29.3 Å².